The van der Waals surface area contributed by atoms with E-state index in [1.54, 1.807) is 6.07 Å². The summed E-state index contributed by atoms with van der Waals surface area (Å²) >= 11 is 0. The second kappa shape index (κ2) is 9.33. The zero-order chi connectivity index (χ0) is 17.4. The first-order chi connectivity index (χ1) is 10.8. The molecule has 1 aromatic rings. The Morgan fingerprint density at radius 1 is 0.957 bits per heavy atom. The molecule has 0 heterocycles. The van der Waals surface area contributed by atoms with Gasteiger partial charge in [-0.05, 0) is 36.8 Å². The lowest BCUT2D eigenvalue weighted by Crippen LogP contribution is -2.20. The van der Waals surface area contributed by atoms with Gasteiger partial charge in [0.25, 0.3) is 0 Å². The monoisotopic (exact) mass is 320 g/mol. The molecule has 1 aromatic carbocycles. The van der Waals surface area contributed by atoms with E-state index >= 15 is 0 Å². The summed E-state index contributed by atoms with van der Waals surface area (Å²) in [6.07, 6.45) is 0.773. The van der Waals surface area contributed by atoms with Crippen molar-refractivity contribution >= 4 is 11.9 Å². The van der Waals surface area contributed by atoms with E-state index in [1.165, 1.54) is 0 Å². The minimum absolute atomic E-state index is 0.104. The van der Waals surface area contributed by atoms with Gasteiger partial charge in [-0.2, -0.15) is 0 Å². The highest BCUT2D eigenvalue weighted by Gasteiger charge is 2.15. The Hall–Kier alpha value is -1.84. The van der Waals surface area contributed by atoms with Crippen LogP contribution in [-0.4, -0.2) is 18.0 Å². The van der Waals surface area contributed by atoms with Crippen molar-refractivity contribution < 1.29 is 19.1 Å². The Labute approximate surface area is 139 Å². The van der Waals surface area contributed by atoms with Crippen molar-refractivity contribution in [3.63, 3.8) is 0 Å². The molecule has 0 spiro atoms. The molecule has 0 bridgehead atoms. The molecular weight excluding hydrogens is 292 g/mol. The first-order valence-electron chi connectivity index (χ1n) is 8.30. The fourth-order valence-electron chi connectivity index (χ4n) is 2.00. The summed E-state index contributed by atoms with van der Waals surface area (Å²) in [7, 11) is 0. The van der Waals surface area contributed by atoms with Crippen molar-refractivity contribution in [2.45, 2.75) is 65.9 Å². The van der Waals surface area contributed by atoms with E-state index in [0.717, 1.165) is 5.56 Å². The Kier molecular flexibility index (Phi) is 7.79. The van der Waals surface area contributed by atoms with E-state index in [1.807, 2.05) is 39.0 Å². The number of hydrogen-bond acceptors (Lipinski definition) is 4. The summed E-state index contributed by atoms with van der Waals surface area (Å²) in [5.41, 5.74) is 1.01. The Morgan fingerprint density at radius 3 is 2.17 bits per heavy atom. The van der Waals surface area contributed by atoms with Crippen LogP contribution in [-0.2, 0) is 14.3 Å². The average molecular weight is 320 g/mol. The first-order valence-corrected chi connectivity index (χ1v) is 8.30. The molecule has 4 nitrogen and oxygen atoms in total. The molecule has 0 aliphatic rings. The molecule has 23 heavy (non-hydrogen) atoms. The summed E-state index contributed by atoms with van der Waals surface area (Å²) in [6.45, 7) is 9.99. The molecule has 0 radical (unpaired) electrons. The van der Waals surface area contributed by atoms with Crippen molar-refractivity contribution in [3.8, 4) is 5.75 Å². The molecule has 0 aliphatic heterocycles. The van der Waals surface area contributed by atoms with Crippen molar-refractivity contribution in [2.24, 2.45) is 5.92 Å². The van der Waals surface area contributed by atoms with Crippen molar-refractivity contribution in [1.82, 2.24) is 0 Å². The van der Waals surface area contributed by atoms with Crippen LogP contribution in [0.25, 0.3) is 0 Å². The number of carbonyl (C=O) groups excluding carboxylic acids is 2. The van der Waals surface area contributed by atoms with E-state index in [-0.39, 0.29) is 42.7 Å². The highest BCUT2D eigenvalue weighted by atomic mass is 16.5. The van der Waals surface area contributed by atoms with Crippen LogP contribution in [0.2, 0.25) is 0 Å². The standard InChI is InChI=1S/C19H28O4/c1-13(2)15(5)22-18(20)11-8-12-19(21)23-17-10-7-6-9-16(17)14(3)4/h6-7,9-10,13-15H,8,11-12H2,1-5H3. The third-order valence-corrected chi connectivity index (χ3v) is 3.78. The van der Waals surface area contributed by atoms with Crippen LogP contribution >= 0.6 is 0 Å². The predicted molar refractivity (Wildman–Crippen MR) is 90.4 cm³/mol. The normalized spacial score (nSPS) is 12.3. The Morgan fingerprint density at radius 2 is 1.57 bits per heavy atom. The molecule has 0 aromatic heterocycles. The SMILES string of the molecule is CC(C)c1ccccc1OC(=O)CCCC(=O)OC(C)C(C)C. The molecule has 0 saturated carbocycles. The van der Waals surface area contributed by atoms with Crippen LogP contribution in [0, 0.1) is 5.92 Å². The summed E-state index contributed by atoms with van der Waals surface area (Å²) in [4.78, 5) is 23.6. The van der Waals surface area contributed by atoms with Crippen LogP contribution in [0.3, 0.4) is 0 Å². The van der Waals surface area contributed by atoms with Gasteiger partial charge in [0.15, 0.2) is 0 Å². The fourth-order valence-corrected chi connectivity index (χ4v) is 2.00. The van der Waals surface area contributed by atoms with Crippen LogP contribution < -0.4 is 4.74 Å². The number of esters is 2. The number of carbonyl (C=O) groups is 2. The van der Waals surface area contributed by atoms with Crippen LogP contribution in [0.15, 0.2) is 24.3 Å². The third-order valence-electron chi connectivity index (χ3n) is 3.78. The minimum Gasteiger partial charge on any atom is -0.462 e. The highest BCUT2D eigenvalue weighted by Crippen LogP contribution is 2.26. The van der Waals surface area contributed by atoms with Crippen LogP contribution in [0.5, 0.6) is 5.75 Å². The summed E-state index contributed by atoms with van der Waals surface area (Å²) in [5, 5.41) is 0. The van der Waals surface area contributed by atoms with Gasteiger partial charge >= 0.3 is 11.9 Å². The zero-order valence-electron chi connectivity index (χ0n) is 14.8. The summed E-state index contributed by atoms with van der Waals surface area (Å²) < 4.78 is 10.7. The van der Waals surface area contributed by atoms with E-state index in [9.17, 15) is 9.59 Å². The molecule has 1 atom stereocenters. The topological polar surface area (TPSA) is 52.6 Å². The van der Waals surface area contributed by atoms with Gasteiger partial charge in [0.1, 0.15) is 11.9 Å². The molecular formula is C19H28O4. The first kappa shape index (κ1) is 19.2. The second-order valence-electron chi connectivity index (χ2n) is 6.46. The molecule has 0 amide bonds. The number of benzene rings is 1. The van der Waals surface area contributed by atoms with Crippen molar-refractivity contribution in [2.75, 3.05) is 0 Å². The smallest absolute Gasteiger partial charge is 0.311 e. The lowest BCUT2D eigenvalue weighted by molar-refractivity contribution is -0.150. The molecule has 1 rings (SSSR count). The molecule has 4 heteroatoms. The van der Waals surface area contributed by atoms with Gasteiger partial charge in [0.2, 0.25) is 0 Å². The molecule has 1 unspecified atom stereocenters. The Balaban J connectivity index is 2.40. The second-order valence-corrected chi connectivity index (χ2v) is 6.46. The van der Waals surface area contributed by atoms with E-state index in [0.29, 0.717) is 12.2 Å². The molecule has 0 N–H and O–H groups in total. The maximum atomic E-state index is 11.9. The average Bonchev–Trinajstić information content (AvgIpc) is 2.47. The third kappa shape index (κ3) is 6.85. The highest BCUT2D eigenvalue weighted by molar-refractivity contribution is 5.74. The Bertz CT molecular complexity index is 520. The molecule has 0 saturated heterocycles. The van der Waals surface area contributed by atoms with E-state index < -0.39 is 0 Å². The number of para-hydroxylation sites is 1. The van der Waals surface area contributed by atoms with Gasteiger partial charge < -0.3 is 9.47 Å². The maximum Gasteiger partial charge on any atom is 0.311 e. The molecule has 0 fully saturated rings. The summed E-state index contributed by atoms with van der Waals surface area (Å²) in [6, 6.07) is 7.53. The van der Waals surface area contributed by atoms with Gasteiger partial charge in [-0.25, -0.2) is 0 Å². The fraction of sp³-hybridized carbons (Fsp3) is 0.579. The quantitative estimate of drug-likeness (QED) is 0.524. The zero-order valence-corrected chi connectivity index (χ0v) is 14.8. The van der Waals surface area contributed by atoms with Gasteiger partial charge in [0.05, 0.1) is 0 Å². The van der Waals surface area contributed by atoms with Crippen LogP contribution in [0.1, 0.15) is 65.4 Å². The molecule has 0 aliphatic carbocycles. The number of rotatable bonds is 8. The van der Waals surface area contributed by atoms with Gasteiger partial charge in [-0.1, -0.05) is 45.9 Å². The summed E-state index contributed by atoms with van der Waals surface area (Å²) in [5.74, 6) is 0.593. The minimum atomic E-state index is -0.317. The van der Waals surface area contributed by atoms with Crippen molar-refractivity contribution in [1.29, 1.82) is 0 Å². The number of ether oxygens (including phenoxy) is 2. The lowest BCUT2D eigenvalue weighted by Gasteiger charge is -2.16. The van der Waals surface area contributed by atoms with E-state index in [2.05, 4.69) is 13.8 Å². The van der Waals surface area contributed by atoms with Crippen molar-refractivity contribution in [3.05, 3.63) is 29.8 Å². The lowest BCUT2D eigenvalue weighted by atomic mass is 10.0. The van der Waals surface area contributed by atoms with E-state index in [4.69, 9.17) is 9.47 Å². The number of hydrogen-bond donors (Lipinski definition) is 0. The van der Waals surface area contributed by atoms with Crippen LogP contribution in [0.4, 0.5) is 0 Å². The van der Waals surface area contributed by atoms with Gasteiger partial charge in [-0.3, -0.25) is 9.59 Å². The predicted octanol–water partition coefficient (Wildman–Crippen LogP) is 4.47. The van der Waals surface area contributed by atoms with Gasteiger partial charge in [-0.15, -0.1) is 0 Å². The van der Waals surface area contributed by atoms with Gasteiger partial charge in [0, 0.05) is 12.8 Å². The maximum absolute atomic E-state index is 11.9. The largest absolute Gasteiger partial charge is 0.462 e. The molecule has 128 valence electrons.